The number of benzene rings is 2. The van der Waals surface area contributed by atoms with Gasteiger partial charge in [-0.1, -0.05) is 18.2 Å². The number of carbonyl (C=O) groups is 2. The second-order valence-corrected chi connectivity index (χ2v) is 5.45. The number of anilines is 2. The van der Waals surface area contributed by atoms with Crippen molar-refractivity contribution in [3.8, 4) is 0 Å². The van der Waals surface area contributed by atoms with Crippen molar-refractivity contribution in [2.45, 2.75) is 6.42 Å². The summed E-state index contributed by atoms with van der Waals surface area (Å²) in [6.07, 6.45) is -0.0357. The van der Waals surface area contributed by atoms with Gasteiger partial charge in [0.2, 0.25) is 11.8 Å². The molecule has 0 spiro atoms. The van der Waals surface area contributed by atoms with Crippen LogP contribution in [0.3, 0.4) is 0 Å². The lowest BCUT2D eigenvalue weighted by atomic mass is 10.1. The minimum absolute atomic E-state index is 0.0357. The van der Waals surface area contributed by atoms with Crippen molar-refractivity contribution in [1.29, 1.82) is 0 Å². The molecule has 1 fully saturated rings. The van der Waals surface area contributed by atoms with Gasteiger partial charge in [-0.15, -0.1) is 0 Å². The molecular formula is C17H13F3N2O2. The van der Waals surface area contributed by atoms with E-state index in [4.69, 9.17) is 0 Å². The summed E-state index contributed by atoms with van der Waals surface area (Å²) < 4.78 is 39.7. The van der Waals surface area contributed by atoms with Gasteiger partial charge in [0, 0.05) is 18.7 Å². The lowest BCUT2D eigenvalue weighted by molar-refractivity contribution is -0.122. The van der Waals surface area contributed by atoms with E-state index in [-0.39, 0.29) is 18.9 Å². The molecule has 0 saturated carbocycles. The first kappa shape index (κ1) is 16.0. The van der Waals surface area contributed by atoms with E-state index in [1.165, 1.54) is 4.90 Å². The number of para-hydroxylation sites is 1. The average molecular weight is 334 g/mol. The summed E-state index contributed by atoms with van der Waals surface area (Å²) in [5.74, 6) is -6.00. The molecule has 1 aliphatic rings. The van der Waals surface area contributed by atoms with Gasteiger partial charge in [-0.3, -0.25) is 9.59 Å². The van der Waals surface area contributed by atoms with E-state index in [1.54, 1.807) is 30.3 Å². The van der Waals surface area contributed by atoms with Gasteiger partial charge >= 0.3 is 0 Å². The van der Waals surface area contributed by atoms with Crippen LogP contribution in [0.25, 0.3) is 0 Å². The number of nitrogens with one attached hydrogen (secondary N) is 1. The number of carbonyl (C=O) groups excluding carboxylic acids is 2. The van der Waals surface area contributed by atoms with Crippen LogP contribution in [0, 0.1) is 23.4 Å². The van der Waals surface area contributed by atoms with E-state index in [9.17, 15) is 22.8 Å². The van der Waals surface area contributed by atoms with Crippen molar-refractivity contribution in [2.75, 3.05) is 16.8 Å². The zero-order chi connectivity index (χ0) is 17.3. The Balaban J connectivity index is 1.73. The smallest absolute Gasteiger partial charge is 0.229 e. The van der Waals surface area contributed by atoms with Gasteiger partial charge in [0.15, 0.2) is 17.5 Å². The van der Waals surface area contributed by atoms with E-state index >= 15 is 0 Å². The van der Waals surface area contributed by atoms with Crippen LogP contribution in [0.15, 0.2) is 42.5 Å². The number of hydrogen-bond donors (Lipinski definition) is 1. The minimum Gasteiger partial charge on any atom is -0.323 e. The monoisotopic (exact) mass is 334 g/mol. The van der Waals surface area contributed by atoms with Crippen molar-refractivity contribution in [1.82, 2.24) is 0 Å². The normalized spacial score (nSPS) is 17.2. The van der Waals surface area contributed by atoms with Crippen molar-refractivity contribution in [2.24, 2.45) is 5.92 Å². The predicted octanol–water partition coefficient (Wildman–Crippen LogP) is 3.10. The maximum atomic E-state index is 13.6. The summed E-state index contributed by atoms with van der Waals surface area (Å²) in [5.41, 5.74) is 0.210. The fourth-order valence-corrected chi connectivity index (χ4v) is 2.60. The molecule has 0 bridgehead atoms. The van der Waals surface area contributed by atoms with E-state index in [1.807, 2.05) is 0 Å². The molecule has 2 amide bonds. The molecule has 4 nitrogen and oxygen atoms in total. The third kappa shape index (κ3) is 2.97. The number of nitrogens with zero attached hydrogens (tertiary/aromatic N) is 1. The quantitative estimate of drug-likeness (QED) is 0.877. The van der Waals surface area contributed by atoms with Gasteiger partial charge in [-0.2, -0.15) is 0 Å². The molecule has 1 N–H and O–H groups in total. The SMILES string of the molecule is O=C(Nc1ccc(F)c(F)c1F)C1CC(=O)N(c2ccccc2)C1. The maximum Gasteiger partial charge on any atom is 0.229 e. The summed E-state index contributed by atoms with van der Waals surface area (Å²) in [7, 11) is 0. The molecule has 24 heavy (non-hydrogen) atoms. The highest BCUT2D eigenvalue weighted by Crippen LogP contribution is 2.27. The number of rotatable bonds is 3. The molecule has 3 rings (SSSR count). The lowest BCUT2D eigenvalue weighted by Crippen LogP contribution is -2.28. The highest BCUT2D eigenvalue weighted by atomic mass is 19.2. The molecule has 1 aliphatic heterocycles. The summed E-state index contributed by atoms with van der Waals surface area (Å²) in [5, 5.41) is 2.21. The van der Waals surface area contributed by atoms with Crippen molar-refractivity contribution >= 4 is 23.2 Å². The second kappa shape index (κ2) is 6.35. The molecular weight excluding hydrogens is 321 g/mol. The molecule has 0 radical (unpaired) electrons. The van der Waals surface area contributed by atoms with E-state index in [0.29, 0.717) is 5.69 Å². The van der Waals surface area contributed by atoms with Crippen LogP contribution in [0.1, 0.15) is 6.42 Å². The van der Waals surface area contributed by atoms with Gasteiger partial charge in [0.05, 0.1) is 11.6 Å². The number of halogens is 3. The Morgan fingerprint density at radius 2 is 1.75 bits per heavy atom. The molecule has 7 heteroatoms. The molecule has 2 aromatic rings. The lowest BCUT2D eigenvalue weighted by Gasteiger charge is -2.16. The Morgan fingerprint density at radius 1 is 1.04 bits per heavy atom. The predicted molar refractivity (Wildman–Crippen MR) is 81.8 cm³/mol. The first-order chi connectivity index (χ1) is 11.5. The first-order valence-corrected chi connectivity index (χ1v) is 7.27. The van der Waals surface area contributed by atoms with Crippen molar-refractivity contribution in [3.05, 3.63) is 59.9 Å². The third-order valence-electron chi connectivity index (χ3n) is 3.86. The van der Waals surface area contributed by atoms with Crippen LogP contribution in [0.4, 0.5) is 24.5 Å². The molecule has 2 aromatic carbocycles. The van der Waals surface area contributed by atoms with Crippen molar-refractivity contribution < 1.29 is 22.8 Å². The average Bonchev–Trinajstić information content (AvgIpc) is 2.98. The standard InChI is InChI=1S/C17H13F3N2O2/c18-12-6-7-13(16(20)15(12)19)21-17(24)10-8-14(23)22(9-10)11-4-2-1-3-5-11/h1-7,10H,8-9H2,(H,21,24). The summed E-state index contributed by atoms with van der Waals surface area (Å²) in [4.78, 5) is 25.7. The Hall–Kier alpha value is -2.83. The Kier molecular flexibility index (Phi) is 4.24. The summed E-state index contributed by atoms with van der Waals surface area (Å²) in [6.45, 7) is 0.139. The van der Waals surface area contributed by atoms with Gasteiger partial charge < -0.3 is 10.2 Å². The van der Waals surface area contributed by atoms with Crippen LogP contribution in [-0.4, -0.2) is 18.4 Å². The van der Waals surface area contributed by atoms with E-state index in [2.05, 4.69) is 5.32 Å². The Bertz CT molecular complexity index is 796. The number of hydrogen-bond acceptors (Lipinski definition) is 2. The molecule has 0 aromatic heterocycles. The zero-order valence-corrected chi connectivity index (χ0v) is 12.4. The maximum absolute atomic E-state index is 13.6. The van der Waals surface area contributed by atoms with Gasteiger partial charge in [0.25, 0.3) is 0 Å². The van der Waals surface area contributed by atoms with Crippen LogP contribution < -0.4 is 10.2 Å². The van der Waals surface area contributed by atoms with Gasteiger partial charge in [-0.05, 0) is 24.3 Å². The first-order valence-electron chi connectivity index (χ1n) is 7.27. The topological polar surface area (TPSA) is 49.4 Å². The largest absolute Gasteiger partial charge is 0.323 e. The van der Waals surface area contributed by atoms with Crippen molar-refractivity contribution in [3.63, 3.8) is 0 Å². The van der Waals surface area contributed by atoms with Gasteiger partial charge in [0.1, 0.15) is 0 Å². The molecule has 1 unspecified atom stereocenters. The molecule has 1 atom stereocenters. The summed E-state index contributed by atoms with van der Waals surface area (Å²) in [6, 6.07) is 10.5. The Morgan fingerprint density at radius 3 is 2.46 bits per heavy atom. The third-order valence-corrected chi connectivity index (χ3v) is 3.86. The second-order valence-electron chi connectivity index (χ2n) is 5.45. The molecule has 124 valence electrons. The fourth-order valence-electron chi connectivity index (χ4n) is 2.60. The molecule has 1 saturated heterocycles. The highest BCUT2D eigenvalue weighted by molar-refractivity contribution is 6.03. The zero-order valence-electron chi connectivity index (χ0n) is 12.4. The van der Waals surface area contributed by atoms with E-state index < -0.39 is 35.0 Å². The van der Waals surface area contributed by atoms with Crippen LogP contribution in [0.2, 0.25) is 0 Å². The summed E-state index contributed by atoms with van der Waals surface area (Å²) >= 11 is 0. The van der Waals surface area contributed by atoms with Crippen LogP contribution >= 0.6 is 0 Å². The molecule has 1 heterocycles. The number of amides is 2. The minimum atomic E-state index is -1.65. The highest BCUT2D eigenvalue weighted by Gasteiger charge is 2.35. The fraction of sp³-hybridized carbons (Fsp3) is 0.176. The van der Waals surface area contributed by atoms with Crippen LogP contribution in [-0.2, 0) is 9.59 Å². The van der Waals surface area contributed by atoms with Crippen LogP contribution in [0.5, 0.6) is 0 Å². The van der Waals surface area contributed by atoms with E-state index in [0.717, 1.165) is 12.1 Å². The Labute approximate surface area is 135 Å². The van der Waals surface area contributed by atoms with Gasteiger partial charge in [-0.25, -0.2) is 13.2 Å². The molecule has 0 aliphatic carbocycles.